The maximum absolute atomic E-state index is 12.3. The van der Waals surface area contributed by atoms with Gasteiger partial charge in [0.05, 0.1) is 0 Å². The van der Waals surface area contributed by atoms with E-state index in [0.29, 0.717) is 11.5 Å². The SMILES string of the molecule is Cc1cc(C(=O)NCC[C@@H]2CCN(Cc3ccccc3)C2)cc(C)n1. The monoisotopic (exact) mass is 337 g/mol. The van der Waals surface area contributed by atoms with Crippen LogP contribution in [0.2, 0.25) is 0 Å². The number of carbonyl (C=O) groups excluding carboxylic acids is 1. The van der Waals surface area contributed by atoms with E-state index in [0.717, 1.165) is 44.0 Å². The van der Waals surface area contributed by atoms with Crippen LogP contribution < -0.4 is 5.32 Å². The molecule has 2 heterocycles. The summed E-state index contributed by atoms with van der Waals surface area (Å²) in [6, 6.07) is 14.3. The number of carbonyl (C=O) groups is 1. The van der Waals surface area contributed by atoms with Crippen molar-refractivity contribution in [2.24, 2.45) is 5.92 Å². The molecular formula is C21H27N3O. The molecule has 2 aromatic rings. The van der Waals surface area contributed by atoms with E-state index in [1.54, 1.807) is 0 Å². The van der Waals surface area contributed by atoms with Gasteiger partial charge in [0, 0.05) is 36.6 Å². The minimum absolute atomic E-state index is 0.00717. The molecule has 1 amide bonds. The van der Waals surface area contributed by atoms with Crippen LogP contribution in [0.5, 0.6) is 0 Å². The van der Waals surface area contributed by atoms with Crippen LogP contribution in [0.15, 0.2) is 42.5 Å². The Hall–Kier alpha value is -2.20. The highest BCUT2D eigenvalue weighted by Gasteiger charge is 2.22. The second-order valence-corrected chi connectivity index (χ2v) is 7.06. The van der Waals surface area contributed by atoms with Gasteiger partial charge in [0.25, 0.3) is 5.91 Å². The van der Waals surface area contributed by atoms with Crippen LogP contribution in [0.4, 0.5) is 0 Å². The fourth-order valence-electron chi connectivity index (χ4n) is 3.59. The molecule has 0 aliphatic carbocycles. The Labute approximate surface area is 150 Å². The van der Waals surface area contributed by atoms with Crippen molar-refractivity contribution in [3.05, 3.63) is 65.0 Å². The van der Waals surface area contributed by atoms with E-state index < -0.39 is 0 Å². The van der Waals surface area contributed by atoms with Gasteiger partial charge in [-0.2, -0.15) is 0 Å². The molecule has 0 saturated carbocycles. The summed E-state index contributed by atoms with van der Waals surface area (Å²) in [7, 11) is 0. The van der Waals surface area contributed by atoms with Crippen LogP contribution in [0.1, 0.15) is 40.2 Å². The van der Waals surface area contributed by atoms with E-state index in [1.165, 1.54) is 12.0 Å². The van der Waals surface area contributed by atoms with Crippen molar-refractivity contribution in [3.63, 3.8) is 0 Å². The van der Waals surface area contributed by atoms with Crippen molar-refractivity contribution in [1.82, 2.24) is 15.2 Å². The average Bonchev–Trinajstić information content (AvgIpc) is 3.02. The number of hydrogen-bond donors (Lipinski definition) is 1. The lowest BCUT2D eigenvalue weighted by molar-refractivity contribution is 0.0951. The van der Waals surface area contributed by atoms with Gasteiger partial charge >= 0.3 is 0 Å². The van der Waals surface area contributed by atoms with E-state index >= 15 is 0 Å². The summed E-state index contributed by atoms with van der Waals surface area (Å²) in [5.41, 5.74) is 3.86. The van der Waals surface area contributed by atoms with Gasteiger partial charge in [-0.1, -0.05) is 30.3 Å². The highest BCUT2D eigenvalue weighted by molar-refractivity contribution is 5.94. The third kappa shape index (κ3) is 5.13. The highest BCUT2D eigenvalue weighted by Crippen LogP contribution is 2.21. The number of aromatic nitrogens is 1. The first-order valence-electron chi connectivity index (χ1n) is 9.10. The second-order valence-electron chi connectivity index (χ2n) is 7.06. The summed E-state index contributed by atoms with van der Waals surface area (Å²) in [5, 5.41) is 3.06. The van der Waals surface area contributed by atoms with Crippen molar-refractivity contribution in [1.29, 1.82) is 0 Å². The fourth-order valence-corrected chi connectivity index (χ4v) is 3.59. The van der Waals surface area contributed by atoms with Crippen LogP contribution >= 0.6 is 0 Å². The Balaban J connectivity index is 1.41. The van der Waals surface area contributed by atoms with Crippen LogP contribution in [0.3, 0.4) is 0 Å². The third-order valence-corrected chi connectivity index (χ3v) is 4.80. The molecule has 1 saturated heterocycles. The van der Waals surface area contributed by atoms with E-state index in [4.69, 9.17) is 0 Å². The molecule has 25 heavy (non-hydrogen) atoms. The van der Waals surface area contributed by atoms with Gasteiger partial charge in [0.1, 0.15) is 0 Å². The summed E-state index contributed by atoms with van der Waals surface area (Å²) >= 11 is 0. The summed E-state index contributed by atoms with van der Waals surface area (Å²) in [5.74, 6) is 0.678. The van der Waals surface area contributed by atoms with Gasteiger partial charge in [-0.15, -0.1) is 0 Å². The van der Waals surface area contributed by atoms with Crippen LogP contribution in [0, 0.1) is 19.8 Å². The lowest BCUT2D eigenvalue weighted by atomic mass is 10.1. The second kappa shape index (κ2) is 8.26. The molecule has 1 atom stereocenters. The van der Waals surface area contributed by atoms with Crippen LogP contribution in [-0.2, 0) is 6.54 Å². The fraction of sp³-hybridized carbons (Fsp3) is 0.429. The Morgan fingerprint density at radius 1 is 1.20 bits per heavy atom. The van der Waals surface area contributed by atoms with Gasteiger partial charge in [0.2, 0.25) is 0 Å². The van der Waals surface area contributed by atoms with Crippen molar-refractivity contribution in [2.45, 2.75) is 33.2 Å². The third-order valence-electron chi connectivity index (χ3n) is 4.80. The molecule has 1 aromatic heterocycles. The first-order chi connectivity index (χ1) is 12.1. The molecule has 4 nitrogen and oxygen atoms in total. The predicted octanol–water partition coefficient (Wildman–Crippen LogP) is 3.34. The molecule has 0 bridgehead atoms. The molecule has 3 rings (SSSR count). The molecule has 132 valence electrons. The summed E-state index contributed by atoms with van der Waals surface area (Å²) < 4.78 is 0. The van der Waals surface area contributed by atoms with E-state index in [-0.39, 0.29) is 5.91 Å². The quantitative estimate of drug-likeness (QED) is 0.879. The number of benzene rings is 1. The zero-order valence-electron chi connectivity index (χ0n) is 15.2. The van der Waals surface area contributed by atoms with Gasteiger partial charge in [0.15, 0.2) is 0 Å². The number of pyridine rings is 1. The maximum atomic E-state index is 12.3. The smallest absolute Gasteiger partial charge is 0.251 e. The molecule has 1 fully saturated rings. The largest absolute Gasteiger partial charge is 0.352 e. The standard InChI is InChI=1S/C21H27N3O/c1-16-12-20(13-17(2)23-16)21(25)22-10-8-19-9-11-24(15-19)14-18-6-4-3-5-7-18/h3-7,12-13,19H,8-11,14-15H2,1-2H3,(H,22,25)/t19-/m1/s1. The maximum Gasteiger partial charge on any atom is 0.251 e. The number of rotatable bonds is 6. The Bertz CT molecular complexity index is 694. The Kier molecular flexibility index (Phi) is 5.82. The van der Waals surface area contributed by atoms with Crippen molar-refractivity contribution in [3.8, 4) is 0 Å². The molecule has 1 aliphatic rings. The molecular weight excluding hydrogens is 310 g/mol. The van der Waals surface area contributed by atoms with E-state index in [1.807, 2.05) is 26.0 Å². The number of nitrogens with one attached hydrogen (secondary N) is 1. The van der Waals surface area contributed by atoms with Crippen molar-refractivity contribution in [2.75, 3.05) is 19.6 Å². The summed E-state index contributed by atoms with van der Waals surface area (Å²) in [6.07, 6.45) is 2.26. The van der Waals surface area contributed by atoms with E-state index in [2.05, 4.69) is 45.5 Å². The lowest BCUT2D eigenvalue weighted by Crippen LogP contribution is -2.27. The molecule has 1 aliphatic heterocycles. The van der Waals surface area contributed by atoms with Gasteiger partial charge in [-0.3, -0.25) is 14.7 Å². The first-order valence-corrected chi connectivity index (χ1v) is 9.10. The molecule has 1 N–H and O–H groups in total. The number of hydrogen-bond acceptors (Lipinski definition) is 3. The van der Waals surface area contributed by atoms with Crippen LogP contribution in [-0.4, -0.2) is 35.4 Å². The Morgan fingerprint density at radius 3 is 2.64 bits per heavy atom. The van der Waals surface area contributed by atoms with E-state index in [9.17, 15) is 4.79 Å². The zero-order valence-corrected chi connectivity index (χ0v) is 15.2. The van der Waals surface area contributed by atoms with Crippen molar-refractivity contribution < 1.29 is 4.79 Å². The topological polar surface area (TPSA) is 45.2 Å². The molecule has 0 radical (unpaired) electrons. The highest BCUT2D eigenvalue weighted by atomic mass is 16.1. The minimum atomic E-state index is 0.00717. The number of aryl methyl sites for hydroxylation is 2. The number of nitrogens with zero attached hydrogens (tertiary/aromatic N) is 2. The normalized spacial score (nSPS) is 17.6. The molecule has 4 heteroatoms. The van der Waals surface area contributed by atoms with Crippen LogP contribution in [0.25, 0.3) is 0 Å². The molecule has 1 aromatic carbocycles. The van der Waals surface area contributed by atoms with Gasteiger partial charge < -0.3 is 5.32 Å². The molecule has 0 unspecified atom stereocenters. The van der Waals surface area contributed by atoms with Crippen molar-refractivity contribution >= 4 is 5.91 Å². The lowest BCUT2D eigenvalue weighted by Gasteiger charge is -2.16. The first kappa shape index (κ1) is 17.6. The predicted molar refractivity (Wildman–Crippen MR) is 100 cm³/mol. The number of amides is 1. The van der Waals surface area contributed by atoms with Gasteiger partial charge in [-0.05, 0) is 56.8 Å². The molecule has 0 spiro atoms. The average molecular weight is 337 g/mol. The minimum Gasteiger partial charge on any atom is -0.352 e. The summed E-state index contributed by atoms with van der Waals surface area (Å²) in [4.78, 5) is 19.1. The number of likely N-dealkylation sites (tertiary alicyclic amines) is 1. The van der Waals surface area contributed by atoms with Gasteiger partial charge in [-0.25, -0.2) is 0 Å². The zero-order chi connectivity index (χ0) is 17.6. The summed E-state index contributed by atoms with van der Waals surface area (Å²) in [6.45, 7) is 7.88. The Morgan fingerprint density at radius 2 is 1.92 bits per heavy atom.